The van der Waals surface area contributed by atoms with E-state index in [0.717, 1.165) is 13.4 Å². The second-order valence-corrected chi connectivity index (χ2v) is 3.22. The summed E-state index contributed by atoms with van der Waals surface area (Å²) in [5, 5.41) is 0. The molecule has 0 aromatic carbocycles. The van der Waals surface area contributed by atoms with Crippen LogP contribution < -0.4 is 0 Å². The Morgan fingerprint density at radius 3 is 1.20 bits per heavy atom. The van der Waals surface area contributed by atoms with Crippen molar-refractivity contribution in [3.05, 3.63) is 0 Å². The van der Waals surface area contributed by atoms with Gasteiger partial charge in [-0.05, 0) is 20.1 Å². The fourth-order valence-electron chi connectivity index (χ4n) is 0. The van der Waals surface area contributed by atoms with Gasteiger partial charge in [-0.15, -0.1) is 0 Å². The van der Waals surface area contributed by atoms with Crippen LogP contribution in [0.1, 0.15) is 28.7 Å². The second kappa shape index (κ2) is 23.6. The fraction of sp³-hybridized carbons (Fsp3) is 0.857. The molecular weight excluding hydrogens is 244 g/mol. The van der Waals surface area contributed by atoms with Gasteiger partial charge in [0, 0.05) is 0 Å². The van der Waals surface area contributed by atoms with Gasteiger partial charge in [0.2, 0.25) is 0 Å². The molecular formula is C7H20O6S2-2. The fourth-order valence-corrected chi connectivity index (χ4v) is 0. The van der Waals surface area contributed by atoms with E-state index in [1.807, 2.05) is 0 Å². The molecule has 0 saturated carbocycles. The summed E-state index contributed by atoms with van der Waals surface area (Å²) in [5.74, 6) is 0.167. The molecule has 0 aliphatic carbocycles. The van der Waals surface area contributed by atoms with Crippen LogP contribution in [-0.4, -0.2) is 36.7 Å². The van der Waals surface area contributed by atoms with Crippen molar-refractivity contribution in [1.29, 1.82) is 0 Å². The van der Waals surface area contributed by atoms with Gasteiger partial charge >= 0.3 is 0 Å². The molecule has 2 unspecified atom stereocenters. The number of carbonyl (C=O) groups is 1. The van der Waals surface area contributed by atoms with Gasteiger partial charge in [0.15, 0.2) is 0 Å². The van der Waals surface area contributed by atoms with E-state index in [1.54, 1.807) is 0 Å². The SMILES string of the molecule is C.C.CC(C)=O.COS(=O)[O-].CS(=O)[O-]. The minimum atomic E-state index is -2.32. The van der Waals surface area contributed by atoms with Crippen molar-refractivity contribution >= 4 is 28.2 Å². The quantitative estimate of drug-likeness (QED) is 0.648. The van der Waals surface area contributed by atoms with Crippen LogP contribution in [-0.2, 0) is 31.4 Å². The predicted molar refractivity (Wildman–Crippen MR) is 60.6 cm³/mol. The number of hydrogen-bond donors (Lipinski definition) is 0. The average Bonchev–Trinajstić information content (AvgIpc) is 1.84. The molecule has 0 aromatic rings. The predicted octanol–water partition coefficient (Wildman–Crippen LogP) is 0.790. The molecule has 0 rings (SSSR count). The van der Waals surface area contributed by atoms with E-state index in [9.17, 15) is 4.79 Å². The van der Waals surface area contributed by atoms with Crippen molar-refractivity contribution in [3.8, 4) is 0 Å². The first-order chi connectivity index (χ1) is 5.73. The lowest BCUT2D eigenvalue weighted by molar-refractivity contribution is -0.114. The van der Waals surface area contributed by atoms with Gasteiger partial charge in [0.05, 0.1) is 18.5 Å². The Hall–Kier alpha value is -0.150. The molecule has 0 saturated heterocycles. The third kappa shape index (κ3) is 568. The van der Waals surface area contributed by atoms with Gasteiger partial charge in [-0.25, -0.2) is 4.21 Å². The summed E-state index contributed by atoms with van der Waals surface area (Å²) in [6.07, 6.45) is 1.08. The topological polar surface area (TPSA) is 107 Å². The maximum Gasteiger partial charge on any atom is 0.126 e. The van der Waals surface area contributed by atoms with Crippen LogP contribution in [0.15, 0.2) is 0 Å². The molecule has 0 bridgehead atoms. The lowest BCUT2D eigenvalue weighted by Crippen LogP contribution is -1.85. The van der Waals surface area contributed by atoms with E-state index >= 15 is 0 Å². The zero-order chi connectivity index (χ0) is 11.4. The zero-order valence-electron chi connectivity index (χ0n) is 7.77. The number of rotatable bonds is 1. The van der Waals surface area contributed by atoms with E-state index in [0.29, 0.717) is 0 Å². The molecule has 0 aromatic heterocycles. The minimum Gasteiger partial charge on any atom is -0.773 e. The van der Waals surface area contributed by atoms with E-state index in [-0.39, 0.29) is 20.6 Å². The summed E-state index contributed by atoms with van der Waals surface area (Å²) < 4.78 is 40.0. The van der Waals surface area contributed by atoms with Crippen molar-refractivity contribution in [2.75, 3.05) is 13.4 Å². The molecule has 8 heteroatoms. The Morgan fingerprint density at radius 1 is 1.13 bits per heavy atom. The Bertz CT molecular complexity index is 151. The monoisotopic (exact) mass is 264 g/mol. The Labute approximate surface area is 97.2 Å². The van der Waals surface area contributed by atoms with Crippen LogP contribution in [0.4, 0.5) is 0 Å². The van der Waals surface area contributed by atoms with Gasteiger partial charge in [0.25, 0.3) is 0 Å². The summed E-state index contributed by atoms with van der Waals surface area (Å²) >= 11 is -4.18. The van der Waals surface area contributed by atoms with Crippen molar-refractivity contribution < 1.29 is 26.5 Å². The maximum atomic E-state index is 9.44. The van der Waals surface area contributed by atoms with Crippen molar-refractivity contribution in [2.45, 2.75) is 28.7 Å². The summed E-state index contributed by atoms with van der Waals surface area (Å²) in [7, 11) is 1.09. The molecule has 0 heterocycles. The third-order valence-electron chi connectivity index (χ3n) is 0.136. The molecule has 0 aliphatic rings. The molecule has 0 aliphatic heterocycles. The molecule has 15 heavy (non-hydrogen) atoms. The molecule has 98 valence electrons. The van der Waals surface area contributed by atoms with Gasteiger partial charge in [-0.2, -0.15) is 0 Å². The highest BCUT2D eigenvalue weighted by Gasteiger charge is 1.62. The second-order valence-electron chi connectivity index (χ2n) is 1.68. The van der Waals surface area contributed by atoms with Crippen molar-refractivity contribution in [2.24, 2.45) is 0 Å². The highest BCUT2D eigenvalue weighted by Crippen LogP contribution is 1.63. The molecule has 0 N–H and O–H groups in total. The molecule has 0 spiro atoms. The molecule has 0 radical (unpaired) electrons. The lowest BCUT2D eigenvalue weighted by Gasteiger charge is -1.94. The highest BCUT2D eigenvalue weighted by molar-refractivity contribution is 7.78. The summed E-state index contributed by atoms with van der Waals surface area (Å²) in [5.41, 5.74) is 0. The number of ketones is 1. The van der Waals surface area contributed by atoms with Crippen LogP contribution in [0.3, 0.4) is 0 Å². The molecule has 0 fully saturated rings. The minimum absolute atomic E-state index is 0. The smallest absolute Gasteiger partial charge is 0.126 e. The van der Waals surface area contributed by atoms with Gasteiger partial charge in [-0.3, -0.25) is 4.21 Å². The van der Waals surface area contributed by atoms with Gasteiger partial charge < -0.3 is 18.1 Å². The largest absolute Gasteiger partial charge is 0.773 e. The highest BCUT2D eigenvalue weighted by atomic mass is 32.2. The van der Waals surface area contributed by atoms with Gasteiger partial charge in [-0.1, -0.05) is 25.9 Å². The van der Waals surface area contributed by atoms with Crippen LogP contribution in [0.2, 0.25) is 0 Å². The van der Waals surface area contributed by atoms with E-state index in [1.165, 1.54) is 13.8 Å². The van der Waals surface area contributed by atoms with E-state index < -0.39 is 22.4 Å². The van der Waals surface area contributed by atoms with Crippen molar-refractivity contribution in [1.82, 2.24) is 0 Å². The Morgan fingerprint density at radius 2 is 1.20 bits per heavy atom. The first-order valence-electron chi connectivity index (χ1n) is 2.85. The third-order valence-corrected chi connectivity index (χ3v) is 0.408. The van der Waals surface area contributed by atoms with E-state index in [4.69, 9.17) is 17.5 Å². The summed E-state index contributed by atoms with van der Waals surface area (Å²) in [4.78, 5) is 9.44. The first-order valence-corrected chi connectivity index (χ1v) is 5.34. The molecule has 0 amide bonds. The molecule has 2 atom stereocenters. The normalized spacial score (nSPS) is 10.8. The van der Waals surface area contributed by atoms with E-state index in [2.05, 4.69) is 4.18 Å². The van der Waals surface area contributed by atoms with Crippen LogP contribution in [0.25, 0.3) is 0 Å². The first kappa shape index (κ1) is 29.4. The lowest BCUT2D eigenvalue weighted by atomic mass is 10.6. The van der Waals surface area contributed by atoms with Crippen LogP contribution >= 0.6 is 0 Å². The van der Waals surface area contributed by atoms with Crippen molar-refractivity contribution in [3.63, 3.8) is 0 Å². The summed E-state index contributed by atoms with van der Waals surface area (Å²) in [6, 6.07) is 0. The number of carbonyl (C=O) groups excluding carboxylic acids is 1. The Balaban J connectivity index is -0.0000000315. The van der Waals surface area contributed by atoms with Crippen LogP contribution in [0.5, 0.6) is 0 Å². The molecule has 6 nitrogen and oxygen atoms in total. The average molecular weight is 264 g/mol. The number of Topliss-reactive ketones (excluding diaryl/α,β-unsaturated/α-hetero) is 1. The summed E-state index contributed by atoms with van der Waals surface area (Å²) in [6.45, 7) is 3.06. The van der Waals surface area contributed by atoms with Gasteiger partial charge in [0.1, 0.15) is 5.78 Å². The standard InChI is InChI=1S/C3H6O.CH4O3S.CH4O2S.2CH4/c1-3(2)4;1-4-5(2)3;1-4(2)3;;/h1-2H3;1H3,(H,2,3);1H3,(H,2,3);2*1H4/p-2. The zero-order valence-corrected chi connectivity index (χ0v) is 9.40. The Kier molecular flexibility index (Phi) is 46.1. The maximum absolute atomic E-state index is 9.44. The van der Waals surface area contributed by atoms with Crippen LogP contribution in [0, 0.1) is 0 Å². The number of hydrogen-bond acceptors (Lipinski definition) is 6.